The normalized spacial score (nSPS) is 12.0. The number of nitrogens with zero attached hydrogens (tertiary/aromatic N) is 3. The molecule has 5 nitrogen and oxygen atoms in total. The number of rotatable bonds is 5. The van der Waals surface area contributed by atoms with E-state index in [-0.39, 0.29) is 6.10 Å². The van der Waals surface area contributed by atoms with Crippen LogP contribution < -0.4 is 4.74 Å². The molecule has 0 radical (unpaired) electrons. The Labute approximate surface area is 138 Å². The number of H-pyrrole nitrogens is 1. The second-order valence-corrected chi connectivity index (χ2v) is 5.63. The summed E-state index contributed by atoms with van der Waals surface area (Å²) < 4.78 is 6.07. The van der Waals surface area contributed by atoms with Crippen LogP contribution in [-0.2, 0) is 0 Å². The van der Waals surface area contributed by atoms with Crippen molar-refractivity contribution in [2.45, 2.75) is 25.9 Å². The van der Waals surface area contributed by atoms with Crippen molar-refractivity contribution in [2.24, 2.45) is 0 Å². The molecule has 0 aliphatic rings. The van der Waals surface area contributed by atoms with E-state index in [0.29, 0.717) is 16.3 Å². The van der Waals surface area contributed by atoms with Crippen molar-refractivity contribution in [1.29, 1.82) is 5.26 Å². The summed E-state index contributed by atoms with van der Waals surface area (Å²) in [6.07, 6.45) is 3.19. The molecule has 3 aromatic rings. The summed E-state index contributed by atoms with van der Waals surface area (Å²) in [5.41, 5.74) is 1.98. The minimum absolute atomic E-state index is 0.252. The lowest BCUT2D eigenvalue weighted by molar-refractivity contribution is 0.189. The highest BCUT2D eigenvalue weighted by molar-refractivity contribution is 6.30. The van der Waals surface area contributed by atoms with E-state index in [1.807, 2.05) is 12.1 Å². The van der Waals surface area contributed by atoms with E-state index in [4.69, 9.17) is 16.3 Å². The van der Waals surface area contributed by atoms with Crippen molar-refractivity contribution < 1.29 is 4.74 Å². The molecular formula is C17H15ClN4O. The molecule has 1 unspecified atom stereocenters. The molecule has 0 bridgehead atoms. The first-order chi connectivity index (χ1) is 11.2. The van der Waals surface area contributed by atoms with Gasteiger partial charge in [-0.2, -0.15) is 10.4 Å². The second kappa shape index (κ2) is 6.67. The summed E-state index contributed by atoms with van der Waals surface area (Å²) in [6.45, 7) is 2.08. The van der Waals surface area contributed by atoms with Crippen LogP contribution in [0.25, 0.3) is 11.0 Å². The van der Waals surface area contributed by atoms with E-state index < -0.39 is 0 Å². The minimum Gasteiger partial charge on any atom is -0.483 e. The molecule has 2 heterocycles. The number of aromatic amines is 1. The zero-order chi connectivity index (χ0) is 16.2. The summed E-state index contributed by atoms with van der Waals surface area (Å²) in [5, 5.41) is 17.6. The van der Waals surface area contributed by atoms with Crippen molar-refractivity contribution >= 4 is 22.6 Å². The van der Waals surface area contributed by atoms with Crippen LogP contribution in [0, 0.1) is 11.3 Å². The van der Waals surface area contributed by atoms with Gasteiger partial charge in [0.2, 0.25) is 0 Å². The highest BCUT2D eigenvalue weighted by Gasteiger charge is 2.17. The lowest BCUT2D eigenvalue weighted by atomic mass is 10.1. The third-order valence-corrected chi connectivity index (χ3v) is 3.77. The van der Waals surface area contributed by atoms with Crippen molar-refractivity contribution in [2.75, 3.05) is 0 Å². The number of halogens is 1. The molecule has 0 saturated heterocycles. The number of pyridine rings is 1. The molecular weight excluding hydrogens is 312 g/mol. The molecule has 0 aliphatic carbocycles. The Morgan fingerprint density at radius 2 is 2.22 bits per heavy atom. The first-order valence-corrected chi connectivity index (χ1v) is 7.75. The molecule has 0 saturated carbocycles. The number of ether oxygens (including phenoxy) is 1. The smallest absolute Gasteiger partial charge is 0.155 e. The number of hydrogen-bond donors (Lipinski definition) is 1. The van der Waals surface area contributed by atoms with Crippen LogP contribution >= 0.6 is 11.6 Å². The van der Waals surface area contributed by atoms with Gasteiger partial charge in [0.15, 0.2) is 5.65 Å². The van der Waals surface area contributed by atoms with Gasteiger partial charge in [-0.15, -0.1) is 0 Å². The molecule has 6 heteroatoms. The van der Waals surface area contributed by atoms with Crippen LogP contribution in [0.15, 0.2) is 36.5 Å². The third kappa shape index (κ3) is 3.27. The average Bonchev–Trinajstić information content (AvgIpc) is 3.02. The molecule has 3 rings (SSSR count). The average molecular weight is 327 g/mol. The van der Waals surface area contributed by atoms with Crippen LogP contribution in [-0.4, -0.2) is 15.2 Å². The molecule has 2 aromatic heterocycles. The summed E-state index contributed by atoms with van der Waals surface area (Å²) >= 11 is 6.03. The predicted octanol–water partition coefficient (Wildman–Crippen LogP) is 4.40. The van der Waals surface area contributed by atoms with Crippen LogP contribution in [0.5, 0.6) is 5.75 Å². The number of nitriles is 1. The highest BCUT2D eigenvalue weighted by atomic mass is 35.5. The predicted molar refractivity (Wildman–Crippen MR) is 88.3 cm³/mol. The van der Waals surface area contributed by atoms with Crippen molar-refractivity contribution in [3.8, 4) is 11.8 Å². The summed E-state index contributed by atoms with van der Waals surface area (Å²) in [4.78, 5) is 4.57. The highest BCUT2D eigenvalue weighted by Crippen LogP contribution is 2.30. The van der Waals surface area contributed by atoms with E-state index in [1.54, 1.807) is 24.4 Å². The topological polar surface area (TPSA) is 74.6 Å². The second-order valence-electron chi connectivity index (χ2n) is 5.19. The van der Waals surface area contributed by atoms with Gasteiger partial charge in [-0.3, -0.25) is 5.10 Å². The maximum atomic E-state index is 9.23. The standard InChI is InChI=1S/C17H15ClN4O/c1-2-3-15(14-7-5-12-10-20-22-17(12)21-14)23-16-8-13(18)6-4-11(16)9-19/h4-8,10,15H,2-3H2,1H3,(H,20,21,22). The zero-order valence-corrected chi connectivity index (χ0v) is 13.3. The summed E-state index contributed by atoms with van der Waals surface area (Å²) in [7, 11) is 0. The van der Waals surface area contributed by atoms with E-state index in [9.17, 15) is 5.26 Å². The van der Waals surface area contributed by atoms with Gasteiger partial charge in [-0.05, 0) is 30.7 Å². The minimum atomic E-state index is -0.252. The van der Waals surface area contributed by atoms with Gasteiger partial charge in [0.1, 0.15) is 17.9 Å². The van der Waals surface area contributed by atoms with Crippen LogP contribution in [0.2, 0.25) is 5.02 Å². The van der Waals surface area contributed by atoms with Crippen molar-refractivity contribution in [3.05, 3.63) is 52.8 Å². The van der Waals surface area contributed by atoms with Crippen LogP contribution in [0.1, 0.15) is 37.1 Å². The van der Waals surface area contributed by atoms with Crippen LogP contribution in [0.4, 0.5) is 0 Å². The van der Waals surface area contributed by atoms with Gasteiger partial charge in [0, 0.05) is 16.5 Å². The molecule has 0 amide bonds. The van der Waals surface area contributed by atoms with Gasteiger partial charge in [0.25, 0.3) is 0 Å². The van der Waals surface area contributed by atoms with Gasteiger partial charge in [-0.25, -0.2) is 4.98 Å². The Kier molecular flexibility index (Phi) is 4.45. The van der Waals surface area contributed by atoms with Gasteiger partial charge in [-0.1, -0.05) is 24.9 Å². The number of hydrogen-bond acceptors (Lipinski definition) is 4. The first kappa shape index (κ1) is 15.3. The molecule has 116 valence electrons. The van der Waals surface area contributed by atoms with Crippen molar-refractivity contribution in [3.63, 3.8) is 0 Å². The number of nitrogens with one attached hydrogen (secondary N) is 1. The molecule has 1 aromatic carbocycles. The largest absolute Gasteiger partial charge is 0.483 e. The Morgan fingerprint density at radius 3 is 3.00 bits per heavy atom. The lowest BCUT2D eigenvalue weighted by Crippen LogP contribution is -2.10. The van der Waals surface area contributed by atoms with Gasteiger partial charge >= 0.3 is 0 Å². The van der Waals surface area contributed by atoms with E-state index in [2.05, 4.69) is 28.2 Å². The number of aromatic nitrogens is 3. The number of benzene rings is 1. The Bertz CT molecular complexity index is 868. The first-order valence-electron chi connectivity index (χ1n) is 7.37. The lowest BCUT2D eigenvalue weighted by Gasteiger charge is -2.19. The quantitative estimate of drug-likeness (QED) is 0.754. The Balaban J connectivity index is 1.95. The fourth-order valence-corrected chi connectivity index (χ4v) is 2.55. The molecule has 1 N–H and O–H groups in total. The summed E-state index contributed by atoms with van der Waals surface area (Å²) in [5.74, 6) is 0.477. The fraction of sp³-hybridized carbons (Fsp3) is 0.235. The summed E-state index contributed by atoms with van der Waals surface area (Å²) in [6, 6.07) is 11.0. The van der Waals surface area contributed by atoms with E-state index in [1.165, 1.54) is 0 Å². The molecule has 1 atom stereocenters. The molecule has 0 spiro atoms. The molecule has 23 heavy (non-hydrogen) atoms. The Morgan fingerprint density at radius 1 is 1.35 bits per heavy atom. The molecule has 0 fully saturated rings. The van der Waals surface area contributed by atoms with Gasteiger partial charge < -0.3 is 4.74 Å². The van der Waals surface area contributed by atoms with Gasteiger partial charge in [0.05, 0.1) is 17.5 Å². The SMILES string of the molecule is CCCC(Oc1cc(Cl)ccc1C#N)c1ccc2cn[nH]c2n1. The molecule has 0 aliphatic heterocycles. The van der Waals surface area contributed by atoms with Crippen LogP contribution in [0.3, 0.4) is 0 Å². The maximum absolute atomic E-state index is 9.23. The number of fused-ring (bicyclic) bond motifs is 1. The van der Waals surface area contributed by atoms with E-state index in [0.717, 1.165) is 29.6 Å². The van der Waals surface area contributed by atoms with Crippen molar-refractivity contribution in [1.82, 2.24) is 15.2 Å². The third-order valence-electron chi connectivity index (χ3n) is 3.54. The monoisotopic (exact) mass is 326 g/mol. The Hall–Kier alpha value is -2.58. The maximum Gasteiger partial charge on any atom is 0.155 e. The fourth-order valence-electron chi connectivity index (χ4n) is 2.39. The van der Waals surface area contributed by atoms with E-state index >= 15 is 0 Å². The zero-order valence-electron chi connectivity index (χ0n) is 12.6.